The summed E-state index contributed by atoms with van der Waals surface area (Å²) in [6.07, 6.45) is 0.972. The van der Waals surface area contributed by atoms with Crippen LogP contribution in [0.15, 0.2) is 16.5 Å². The Morgan fingerprint density at radius 3 is 2.82 bits per heavy atom. The molecule has 1 heterocycles. The van der Waals surface area contributed by atoms with Gasteiger partial charge in [0.1, 0.15) is 5.76 Å². The van der Waals surface area contributed by atoms with Crippen molar-refractivity contribution in [1.29, 1.82) is 0 Å². The summed E-state index contributed by atoms with van der Waals surface area (Å²) in [6.45, 7) is 4.04. The van der Waals surface area contributed by atoms with Gasteiger partial charge in [0.05, 0.1) is 12.4 Å². The number of ether oxygens (including phenoxy) is 1. The topological polar surface area (TPSA) is 65.5 Å². The fraction of sp³-hybridized carbons (Fsp3) is 0.583. The van der Waals surface area contributed by atoms with Crippen LogP contribution in [-0.4, -0.2) is 24.9 Å². The van der Waals surface area contributed by atoms with Crippen LogP contribution in [0.1, 0.15) is 41.8 Å². The zero-order valence-electron chi connectivity index (χ0n) is 10.4. The number of nitrogens with two attached hydrogens (primary N) is 1. The minimum atomic E-state index is -0.441. The second-order valence-electron chi connectivity index (χ2n) is 3.97. The van der Waals surface area contributed by atoms with Gasteiger partial charge in [-0.15, -0.1) is 0 Å². The van der Waals surface area contributed by atoms with Crippen LogP contribution in [0.5, 0.6) is 0 Å². The minimum absolute atomic E-state index is 0.215. The van der Waals surface area contributed by atoms with Gasteiger partial charge in [-0.25, -0.2) is 4.79 Å². The van der Waals surface area contributed by atoms with E-state index in [-0.39, 0.29) is 17.1 Å². The maximum atomic E-state index is 11.2. The van der Waals surface area contributed by atoms with E-state index in [1.807, 2.05) is 19.9 Å². The van der Waals surface area contributed by atoms with Crippen LogP contribution in [0.25, 0.3) is 0 Å². The molecule has 2 unspecified atom stereocenters. The quantitative estimate of drug-likeness (QED) is 0.793. The average Bonchev–Trinajstić information content (AvgIpc) is 2.76. The summed E-state index contributed by atoms with van der Waals surface area (Å²) in [6, 6.07) is 3.68. The highest BCUT2D eigenvalue weighted by Gasteiger charge is 2.15. The first-order chi connectivity index (χ1) is 8.04. The van der Waals surface area contributed by atoms with Crippen LogP contribution in [-0.2, 0) is 4.74 Å². The lowest BCUT2D eigenvalue weighted by Gasteiger charge is -2.09. The van der Waals surface area contributed by atoms with Crippen LogP contribution in [0.3, 0.4) is 0 Å². The van der Waals surface area contributed by atoms with Crippen molar-refractivity contribution in [2.24, 2.45) is 5.73 Å². The molecule has 1 rings (SSSR count). The third-order valence-electron chi connectivity index (χ3n) is 2.36. The molecule has 0 radical (unpaired) electrons. The molecule has 0 bridgehead atoms. The standard InChI is InChI=1S/C12H19NO3S/c1-8(13)6-7-17-9(2)10-4-5-11(16-10)12(14)15-3/h4-5,8-9H,6-7,13H2,1-3H3. The maximum Gasteiger partial charge on any atom is 0.373 e. The Balaban J connectivity index is 2.49. The lowest BCUT2D eigenvalue weighted by Crippen LogP contribution is -2.15. The van der Waals surface area contributed by atoms with Crippen LogP contribution in [0, 0.1) is 0 Å². The Hall–Kier alpha value is -0.940. The zero-order chi connectivity index (χ0) is 12.8. The lowest BCUT2D eigenvalue weighted by molar-refractivity contribution is 0.0563. The van der Waals surface area contributed by atoms with Crippen molar-refractivity contribution in [2.75, 3.05) is 12.9 Å². The monoisotopic (exact) mass is 257 g/mol. The van der Waals surface area contributed by atoms with E-state index in [0.717, 1.165) is 17.9 Å². The number of carbonyl (C=O) groups is 1. The summed E-state index contributed by atoms with van der Waals surface area (Å²) in [4.78, 5) is 11.2. The van der Waals surface area contributed by atoms with Gasteiger partial charge in [-0.2, -0.15) is 11.8 Å². The lowest BCUT2D eigenvalue weighted by atomic mass is 10.3. The first kappa shape index (κ1) is 14.1. The molecule has 0 amide bonds. The van der Waals surface area contributed by atoms with E-state index < -0.39 is 5.97 Å². The summed E-state index contributed by atoms with van der Waals surface area (Å²) < 4.78 is 10.0. The first-order valence-electron chi connectivity index (χ1n) is 5.59. The molecule has 0 aromatic carbocycles. The third kappa shape index (κ3) is 4.44. The number of thioether (sulfide) groups is 1. The molecule has 5 heteroatoms. The Morgan fingerprint density at radius 2 is 2.24 bits per heavy atom. The van der Waals surface area contributed by atoms with Crippen molar-refractivity contribution >= 4 is 17.7 Å². The van der Waals surface area contributed by atoms with Crippen LogP contribution in [0.4, 0.5) is 0 Å². The Kier molecular flexibility index (Phi) is 5.58. The molecule has 0 aliphatic carbocycles. The average molecular weight is 257 g/mol. The van der Waals surface area contributed by atoms with E-state index in [9.17, 15) is 4.79 Å². The molecular formula is C12H19NO3S. The van der Waals surface area contributed by atoms with Gasteiger partial charge in [-0.3, -0.25) is 0 Å². The summed E-state index contributed by atoms with van der Waals surface area (Å²) in [5, 5.41) is 0.215. The van der Waals surface area contributed by atoms with Gasteiger partial charge < -0.3 is 14.9 Å². The Bertz CT molecular complexity index is 362. The van der Waals surface area contributed by atoms with Gasteiger partial charge >= 0.3 is 5.97 Å². The van der Waals surface area contributed by atoms with Crippen LogP contribution < -0.4 is 5.73 Å². The second-order valence-corrected chi connectivity index (χ2v) is 5.42. The molecule has 4 nitrogen and oxygen atoms in total. The van der Waals surface area contributed by atoms with E-state index in [1.54, 1.807) is 17.8 Å². The first-order valence-corrected chi connectivity index (χ1v) is 6.64. The number of rotatable bonds is 6. The predicted molar refractivity (Wildman–Crippen MR) is 69.2 cm³/mol. The fourth-order valence-corrected chi connectivity index (χ4v) is 2.45. The van der Waals surface area contributed by atoms with Gasteiger partial charge in [0.15, 0.2) is 0 Å². The fourth-order valence-electron chi connectivity index (χ4n) is 1.29. The van der Waals surface area contributed by atoms with E-state index in [1.165, 1.54) is 7.11 Å². The minimum Gasteiger partial charge on any atom is -0.463 e. The predicted octanol–water partition coefficient (Wildman–Crippen LogP) is 2.60. The van der Waals surface area contributed by atoms with E-state index in [0.29, 0.717) is 0 Å². The smallest absolute Gasteiger partial charge is 0.373 e. The number of hydrogen-bond acceptors (Lipinski definition) is 5. The highest BCUT2D eigenvalue weighted by molar-refractivity contribution is 7.99. The van der Waals surface area contributed by atoms with Crippen molar-refractivity contribution < 1.29 is 13.9 Å². The molecule has 2 N–H and O–H groups in total. The Morgan fingerprint density at radius 1 is 1.53 bits per heavy atom. The normalized spacial score (nSPS) is 14.4. The number of esters is 1. The molecule has 96 valence electrons. The molecule has 0 fully saturated rings. The van der Waals surface area contributed by atoms with Gasteiger partial charge in [0.2, 0.25) is 5.76 Å². The van der Waals surface area contributed by atoms with Crippen molar-refractivity contribution in [3.63, 3.8) is 0 Å². The summed E-state index contributed by atoms with van der Waals surface area (Å²) >= 11 is 1.76. The van der Waals surface area contributed by atoms with Crippen molar-refractivity contribution in [3.05, 3.63) is 23.7 Å². The molecule has 0 aliphatic rings. The maximum absolute atomic E-state index is 11.2. The van der Waals surface area contributed by atoms with Crippen molar-refractivity contribution in [2.45, 2.75) is 31.6 Å². The third-order valence-corrected chi connectivity index (χ3v) is 3.56. The number of hydrogen-bond donors (Lipinski definition) is 1. The second kappa shape index (κ2) is 6.71. The number of furan rings is 1. The van der Waals surface area contributed by atoms with Gasteiger partial charge in [0, 0.05) is 6.04 Å². The molecule has 1 aromatic rings. The van der Waals surface area contributed by atoms with Crippen LogP contribution >= 0.6 is 11.8 Å². The van der Waals surface area contributed by atoms with Crippen molar-refractivity contribution in [3.8, 4) is 0 Å². The molecule has 0 aliphatic heterocycles. The Labute approximate surface area is 106 Å². The highest BCUT2D eigenvalue weighted by Crippen LogP contribution is 2.30. The number of methoxy groups -OCH3 is 1. The van der Waals surface area contributed by atoms with Gasteiger partial charge in [-0.05, 0) is 38.2 Å². The van der Waals surface area contributed by atoms with E-state index in [4.69, 9.17) is 10.2 Å². The summed E-state index contributed by atoms with van der Waals surface area (Å²) in [5.74, 6) is 1.58. The molecule has 1 aromatic heterocycles. The molecule has 0 spiro atoms. The van der Waals surface area contributed by atoms with Gasteiger partial charge in [-0.1, -0.05) is 0 Å². The van der Waals surface area contributed by atoms with E-state index >= 15 is 0 Å². The molecular weight excluding hydrogens is 238 g/mol. The SMILES string of the molecule is COC(=O)c1ccc(C(C)SCCC(C)N)o1. The molecule has 0 saturated carbocycles. The van der Waals surface area contributed by atoms with Gasteiger partial charge in [0.25, 0.3) is 0 Å². The molecule has 0 saturated heterocycles. The summed E-state index contributed by atoms with van der Waals surface area (Å²) in [5.41, 5.74) is 5.68. The largest absolute Gasteiger partial charge is 0.463 e. The highest BCUT2D eigenvalue weighted by atomic mass is 32.2. The molecule has 17 heavy (non-hydrogen) atoms. The van der Waals surface area contributed by atoms with Crippen molar-refractivity contribution in [1.82, 2.24) is 0 Å². The molecule has 2 atom stereocenters. The summed E-state index contributed by atoms with van der Waals surface area (Å²) in [7, 11) is 1.34. The zero-order valence-corrected chi connectivity index (χ0v) is 11.3. The van der Waals surface area contributed by atoms with Crippen LogP contribution in [0.2, 0.25) is 0 Å². The van der Waals surface area contributed by atoms with E-state index in [2.05, 4.69) is 4.74 Å². The number of carbonyl (C=O) groups excluding carboxylic acids is 1.